The summed E-state index contributed by atoms with van der Waals surface area (Å²) in [6.07, 6.45) is 2.44. The third kappa shape index (κ3) is 1.48. The fraction of sp³-hybridized carbons (Fsp3) is 0.571. The lowest BCUT2D eigenvalue weighted by Crippen LogP contribution is -2.17. The van der Waals surface area contributed by atoms with E-state index in [-0.39, 0.29) is 6.10 Å². The molecule has 0 fully saturated rings. The Morgan fingerprint density at radius 2 is 2.45 bits per heavy atom. The molecule has 1 aromatic heterocycles. The Bertz CT molecular complexity index is 273. The minimum Gasteiger partial charge on any atom is -0.393 e. The number of hydrogen-bond acceptors (Lipinski definition) is 3. The van der Waals surface area contributed by atoms with Crippen LogP contribution in [-0.2, 0) is 12.8 Å². The molecular formula is C7H8BrNOS. The van der Waals surface area contributed by atoms with Crippen LogP contribution < -0.4 is 0 Å². The van der Waals surface area contributed by atoms with Gasteiger partial charge < -0.3 is 5.11 Å². The van der Waals surface area contributed by atoms with Gasteiger partial charge in [-0.05, 0) is 28.8 Å². The van der Waals surface area contributed by atoms with E-state index in [9.17, 15) is 5.11 Å². The monoisotopic (exact) mass is 233 g/mol. The number of rotatable bonds is 0. The van der Waals surface area contributed by atoms with Gasteiger partial charge in [-0.3, -0.25) is 0 Å². The Morgan fingerprint density at radius 1 is 1.64 bits per heavy atom. The Kier molecular flexibility index (Phi) is 1.99. The normalized spacial score (nSPS) is 23.3. The summed E-state index contributed by atoms with van der Waals surface area (Å²) in [5.74, 6) is 0. The number of halogens is 1. The van der Waals surface area contributed by atoms with Gasteiger partial charge in [-0.15, -0.1) is 11.3 Å². The summed E-state index contributed by atoms with van der Waals surface area (Å²) in [6, 6.07) is 0. The molecule has 0 aliphatic heterocycles. The molecule has 11 heavy (non-hydrogen) atoms. The van der Waals surface area contributed by atoms with Crippen LogP contribution in [0.15, 0.2) is 3.92 Å². The average Bonchev–Trinajstić information content (AvgIpc) is 2.27. The maximum atomic E-state index is 9.33. The Morgan fingerprint density at radius 3 is 3.27 bits per heavy atom. The third-order valence-electron chi connectivity index (χ3n) is 1.89. The smallest absolute Gasteiger partial charge is 0.159 e. The molecule has 0 radical (unpaired) electrons. The maximum Gasteiger partial charge on any atom is 0.159 e. The largest absolute Gasteiger partial charge is 0.393 e. The summed E-state index contributed by atoms with van der Waals surface area (Å²) in [6.45, 7) is 0. The van der Waals surface area contributed by atoms with Crippen LogP contribution in [0.3, 0.4) is 0 Å². The van der Waals surface area contributed by atoms with Gasteiger partial charge in [0.05, 0.1) is 11.8 Å². The standard InChI is InChI=1S/C7H8BrNOS/c8-7-9-5-2-1-4(10)3-6(5)11-7/h4,10H,1-3H2/t4-/m0/s1. The number of hydrogen-bond donors (Lipinski definition) is 1. The van der Waals surface area contributed by atoms with Crippen LogP contribution in [0, 0.1) is 0 Å². The lowest BCUT2D eigenvalue weighted by atomic mass is 10.0. The molecule has 1 aromatic rings. The van der Waals surface area contributed by atoms with Crippen LogP contribution in [0.2, 0.25) is 0 Å². The van der Waals surface area contributed by atoms with Crippen molar-refractivity contribution in [1.82, 2.24) is 4.98 Å². The van der Waals surface area contributed by atoms with Gasteiger partial charge in [-0.1, -0.05) is 0 Å². The van der Waals surface area contributed by atoms with E-state index in [1.54, 1.807) is 11.3 Å². The molecule has 0 unspecified atom stereocenters. The summed E-state index contributed by atoms with van der Waals surface area (Å²) >= 11 is 4.98. The molecule has 60 valence electrons. The minimum absolute atomic E-state index is 0.144. The molecule has 4 heteroatoms. The van der Waals surface area contributed by atoms with E-state index in [4.69, 9.17) is 0 Å². The molecule has 1 aliphatic rings. The number of aryl methyl sites for hydroxylation is 1. The lowest BCUT2D eigenvalue weighted by Gasteiger charge is -2.14. The van der Waals surface area contributed by atoms with Gasteiger partial charge in [0.1, 0.15) is 0 Å². The second-order valence-electron chi connectivity index (χ2n) is 2.73. The molecular weight excluding hydrogens is 226 g/mol. The molecule has 2 rings (SSSR count). The van der Waals surface area contributed by atoms with Crippen LogP contribution in [0.1, 0.15) is 17.0 Å². The Balaban J connectivity index is 2.34. The Hall–Kier alpha value is 0.0700. The molecule has 0 spiro atoms. The number of aromatic nitrogens is 1. The first-order valence-corrected chi connectivity index (χ1v) is 5.19. The van der Waals surface area contributed by atoms with E-state index in [1.165, 1.54) is 10.6 Å². The van der Waals surface area contributed by atoms with Crippen molar-refractivity contribution in [1.29, 1.82) is 0 Å². The summed E-state index contributed by atoms with van der Waals surface area (Å²) in [4.78, 5) is 5.56. The molecule has 0 saturated heterocycles. The van der Waals surface area contributed by atoms with Gasteiger partial charge in [0.15, 0.2) is 3.92 Å². The van der Waals surface area contributed by atoms with Crippen molar-refractivity contribution in [3.05, 3.63) is 14.5 Å². The summed E-state index contributed by atoms with van der Waals surface area (Å²) in [5, 5.41) is 9.33. The molecule has 0 bridgehead atoms. The van der Waals surface area contributed by atoms with Gasteiger partial charge >= 0.3 is 0 Å². The van der Waals surface area contributed by atoms with Gasteiger partial charge in [-0.2, -0.15) is 0 Å². The molecule has 1 N–H and O–H groups in total. The summed E-state index contributed by atoms with van der Waals surface area (Å²) in [7, 11) is 0. The lowest BCUT2D eigenvalue weighted by molar-refractivity contribution is 0.159. The van der Waals surface area contributed by atoms with E-state index in [1.807, 2.05) is 0 Å². The quantitative estimate of drug-likeness (QED) is 0.741. The zero-order chi connectivity index (χ0) is 7.84. The number of aliphatic hydroxyl groups is 1. The van der Waals surface area contributed by atoms with Gasteiger partial charge in [0, 0.05) is 11.3 Å². The van der Waals surface area contributed by atoms with E-state index < -0.39 is 0 Å². The third-order valence-corrected chi connectivity index (χ3v) is 3.46. The SMILES string of the molecule is O[C@H]1CCc2nc(Br)sc2C1. The van der Waals surface area contributed by atoms with Gasteiger partial charge in [0.2, 0.25) is 0 Å². The van der Waals surface area contributed by atoms with Crippen molar-refractivity contribution in [3.8, 4) is 0 Å². The van der Waals surface area contributed by atoms with Crippen LogP contribution in [0.4, 0.5) is 0 Å². The van der Waals surface area contributed by atoms with Gasteiger partial charge in [0.25, 0.3) is 0 Å². The van der Waals surface area contributed by atoms with E-state index >= 15 is 0 Å². The molecule has 0 aromatic carbocycles. The average molecular weight is 234 g/mol. The van der Waals surface area contributed by atoms with Crippen molar-refractivity contribution in [3.63, 3.8) is 0 Å². The second-order valence-corrected chi connectivity index (χ2v) is 5.09. The zero-order valence-electron chi connectivity index (χ0n) is 5.88. The number of fused-ring (bicyclic) bond motifs is 1. The zero-order valence-corrected chi connectivity index (χ0v) is 8.28. The summed E-state index contributed by atoms with van der Waals surface area (Å²) < 4.78 is 0.941. The van der Waals surface area contributed by atoms with Crippen molar-refractivity contribution < 1.29 is 5.11 Å². The first kappa shape index (κ1) is 7.71. The van der Waals surface area contributed by atoms with Crippen molar-refractivity contribution in [2.75, 3.05) is 0 Å². The highest BCUT2D eigenvalue weighted by molar-refractivity contribution is 9.11. The highest BCUT2D eigenvalue weighted by Gasteiger charge is 2.19. The van der Waals surface area contributed by atoms with E-state index in [0.29, 0.717) is 0 Å². The number of thiazole rings is 1. The second kappa shape index (κ2) is 2.84. The van der Waals surface area contributed by atoms with E-state index in [0.717, 1.165) is 23.2 Å². The molecule has 1 atom stereocenters. The van der Waals surface area contributed by atoms with Crippen LogP contribution in [0.25, 0.3) is 0 Å². The molecule has 0 saturated carbocycles. The van der Waals surface area contributed by atoms with E-state index in [2.05, 4.69) is 20.9 Å². The predicted molar refractivity (Wildman–Crippen MR) is 47.8 cm³/mol. The molecule has 1 heterocycles. The highest BCUT2D eigenvalue weighted by atomic mass is 79.9. The first-order chi connectivity index (χ1) is 5.25. The fourth-order valence-electron chi connectivity index (χ4n) is 1.33. The van der Waals surface area contributed by atoms with Crippen LogP contribution in [0.5, 0.6) is 0 Å². The summed E-state index contributed by atoms with van der Waals surface area (Å²) in [5.41, 5.74) is 1.17. The molecule has 1 aliphatic carbocycles. The Labute approximate surface area is 77.4 Å². The van der Waals surface area contributed by atoms with Crippen molar-refractivity contribution >= 4 is 27.3 Å². The molecule has 2 nitrogen and oxygen atoms in total. The molecule has 0 amide bonds. The number of nitrogens with zero attached hydrogens (tertiary/aromatic N) is 1. The van der Waals surface area contributed by atoms with Gasteiger partial charge in [-0.25, -0.2) is 4.98 Å². The van der Waals surface area contributed by atoms with Crippen molar-refractivity contribution in [2.45, 2.75) is 25.4 Å². The maximum absolute atomic E-state index is 9.33. The highest BCUT2D eigenvalue weighted by Crippen LogP contribution is 2.29. The first-order valence-electron chi connectivity index (χ1n) is 3.58. The van der Waals surface area contributed by atoms with Crippen LogP contribution in [-0.4, -0.2) is 16.2 Å². The topological polar surface area (TPSA) is 33.1 Å². The predicted octanol–water partition coefficient (Wildman–Crippen LogP) is 1.76. The minimum atomic E-state index is -0.144. The van der Waals surface area contributed by atoms with Crippen molar-refractivity contribution in [2.24, 2.45) is 0 Å². The fourth-order valence-corrected chi connectivity index (χ4v) is 3.03. The number of aliphatic hydroxyl groups excluding tert-OH is 1. The van der Waals surface area contributed by atoms with Crippen LogP contribution >= 0.6 is 27.3 Å².